The van der Waals surface area contributed by atoms with Gasteiger partial charge in [0.25, 0.3) is 5.91 Å². The summed E-state index contributed by atoms with van der Waals surface area (Å²) in [5, 5.41) is 4.89. The van der Waals surface area contributed by atoms with Crippen LogP contribution in [0.15, 0.2) is 72.8 Å². The normalized spacial score (nSPS) is 11.2. The number of amides is 1. The lowest BCUT2D eigenvalue weighted by molar-refractivity contribution is 0.102. The van der Waals surface area contributed by atoms with Gasteiger partial charge in [-0.2, -0.15) is 0 Å². The van der Waals surface area contributed by atoms with E-state index in [0.717, 1.165) is 32.2 Å². The van der Waals surface area contributed by atoms with E-state index >= 15 is 0 Å². The molecule has 8 heteroatoms. The molecule has 7 nitrogen and oxygen atoms in total. The summed E-state index contributed by atoms with van der Waals surface area (Å²) in [4.78, 5) is 31.8. The van der Waals surface area contributed by atoms with Crippen molar-refractivity contribution < 1.29 is 23.8 Å². The molecule has 0 saturated heterocycles. The van der Waals surface area contributed by atoms with Crippen LogP contribution in [0.1, 0.15) is 31.2 Å². The molecule has 0 fully saturated rings. The second kappa shape index (κ2) is 11.0. The van der Waals surface area contributed by atoms with E-state index in [-0.39, 0.29) is 11.7 Å². The average molecular weight is 539 g/mol. The molecule has 0 aliphatic rings. The van der Waals surface area contributed by atoms with Crippen molar-refractivity contribution in [2.24, 2.45) is 0 Å². The number of nitrogens with one attached hydrogen (secondary N) is 1. The van der Waals surface area contributed by atoms with Crippen LogP contribution >= 0.6 is 11.3 Å². The van der Waals surface area contributed by atoms with Crippen molar-refractivity contribution >= 4 is 55.9 Å². The number of pyridine rings is 1. The number of hydrogen-bond acceptors (Lipinski definition) is 7. The second-order valence-corrected chi connectivity index (χ2v) is 9.91. The molecule has 1 amide bonds. The van der Waals surface area contributed by atoms with E-state index < -0.39 is 0 Å². The number of carbonyl (C=O) groups is 2. The number of thiophene rings is 1. The molecule has 0 radical (unpaired) electrons. The summed E-state index contributed by atoms with van der Waals surface area (Å²) in [5.41, 5.74) is 3.88. The van der Waals surface area contributed by atoms with Gasteiger partial charge in [0.05, 0.1) is 31.7 Å². The highest BCUT2D eigenvalue weighted by molar-refractivity contribution is 7.20. The van der Waals surface area contributed by atoms with Crippen LogP contribution in [0.25, 0.3) is 27.2 Å². The van der Waals surface area contributed by atoms with Crippen LogP contribution in [0, 0.1) is 6.92 Å². The molecule has 196 valence electrons. The number of anilines is 1. The second-order valence-electron chi connectivity index (χ2n) is 8.88. The number of fused-ring (bicyclic) bond motifs is 2. The number of aryl methyl sites for hydroxylation is 1. The molecule has 2 aromatic heterocycles. The van der Waals surface area contributed by atoms with Crippen molar-refractivity contribution in [3.05, 3.63) is 94.4 Å². The number of hydrogen-bond donors (Lipinski definition) is 1. The van der Waals surface area contributed by atoms with Gasteiger partial charge in [-0.15, -0.1) is 11.3 Å². The minimum Gasteiger partial charge on any atom is -0.493 e. The minimum atomic E-state index is -0.223. The molecular formula is C31H26N2O5S. The van der Waals surface area contributed by atoms with Gasteiger partial charge >= 0.3 is 0 Å². The van der Waals surface area contributed by atoms with Gasteiger partial charge in [0.15, 0.2) is 17.3 Å². The van der Waals surface area contributed by atoms with E-state index in [9.17, 15) is 9.59 Å². The van der Waals surface area contributed by atoms with Crippen LogP contribution in [0.4, 0.5) is 5.69 Å². The monoisotopic (exact) mass is 538 g/mol. The van der Waals surface area contributed by atoms with Crippen LogP contribution in [-0.4, -0.2) is 38.0 Å². The fourth-order valence-electron chi connectivity index (χ4n) is 4.24. The van der Waals surface area contributed by atoms with Crippen molar-refractivity contribution in [2.45, 2.75) is 6.92 Å². The van der Waals surface area contributed by atoms with Crippen LogP contribution in [0.5, 0.6) is 17.2 Å². The van der Waals surface area contributed by atoms with E-state index in [4.69, 9.17) is 19.2 Å². The maximum Gasteiger partial charge on any atom is 0.265 e. The molecule has 0 aliphatic carbocycles. The van der Waals surface area contributed by atoms with Crippen molar-refractivity contribution in [1.29, 1.82) is 0 Å². The predicted molar refractivity (Wildman–Crippen MR) is 156 cm³/mol. The summed E-state index contributed by atoms with van der Waals surface area (Å²) in [6.45, 7) is 2.04. The number of rotatable bonds is 8. The molecule has 2 heterocycles. The number of ether oxygens (including phenoxy) is 3. The summed E-state index contributed by atoms with van der Waals surface area (Å²) in [7, 11) is 4.61. The molecule has 5 rings (SSSR count). The van der Waals surface area contributed by atoms with Gasteiger partial charge in [-0.3, -0.25) is 9.59 Å². The minimum absolute atomic E-state index is 0.181. The third-order valence-electron chi connectivity index (χ3n) is 6.22. The van der Waals surface area contributed by atoms with Crippen LogP contribution in [0.2, 0.25) is 0 Å². The van der Waals surface area contributed by atoms with Crippen molar-refractivity contribution in [1.82, 2.24) is 4.98 Å². The molecule has 0 atom stereocenters. The molecule has 3 aromatic carbocycles. The first-order valence-corrected chi connectivity index (χ1v) is 12.9. The first kappa shape index (κ1) is 25.9. The summed E-state index contributed by atoms with van der Waals surface area (Å²) in [5.74, 6) is 1.08. The summed E-state index contributed by atoms with van der Waals surface area (Å²) in [6.07, 6.45) is 3.16. The number of ketones is 1. The Labute approximate surface area is 229 Å². The Morgan fingerprint density at radius 3 is 2.23 bits per heavy atom. The quantitative estimate of drug-likeness (QED) is 0.170. The molecular weight excluding hydrogens is 512 g/mol. The molecule has 0 bridgehead atoms. The third-order valence-corrected chi connectivity index (χ3v) is 7.27. The Hall–Kier alpha value is -4.69. The van der Waals surface area contributed by atoms with Gasteiger partial charge in [-0.05, 0) is 79.2 Å². The van der Waals surface area contributed by atoms with Crippen LogP contribution < -0.4 is 19.5 Å². The zero-order valence-corrected chi connectivity index (χ0v) is 22.7. The zero-order valence-electron chi connectivity index (χ0n) is 21.9. The van der Waals surface area contributed by atoms with Crippen molar-refractivity contribution in [3.8, 4) is 17.2 Å². The van der Waals surface area contributed by atoms with Gasteiger partial charge in [-0.1, -0.05) is 17.7 Å². The summed E-state index contributed by atoms with van der Waals surface area (Å²) < 4.78 is 16.1. The van der Waals surface area contributed by atoms with Crippen LogP contribution in [0.3, 0.4) is 0 Å². The average Bonchev–Trinajstić information content (AvgIpc) is 3.37. The molecule has 39 heavy (non-hydrogen) atoms. The highest BCUT2D eigenvalue weighted by Gasteiger charge is 2.14. The SMILES string of the molecule is COc1cc(/C=C/C(=O)c2ccc(NC(=O)c3cc4cc5cc(C)ccc5nc4s3)cc2)cc(OC)c1OC. The Morgan fingerprint density at radius 1 is 0.846 bits per heavy atom. The summed E-state index contributed by atoms with van der Waals surface area (Å²) in [6, 6.07) is 20.3. The first-order chi connectivity index (χ1) is 18.9. The predicted octanol–water partition coefficient (Wildman–Crippen LogP) is 6.93. The molecule has 0 unspecified atom stereocenters. The molecule has 0 spiro atoms. The van der Waals surface area contributed by atoms with E-state index in [2.05, 4.69) is 17.4 Å². The third kappa shape index (κ3) is 5.46. The fourth-order valence-corrected chi connectivity index (χ4v) is 5.16. The fraction of sp³-hybridized carbons (Fsp3) is 0.129. The number of methoxy groups -OCH3 is 3. The highest BCUT2D eigenvalue weighted by Crippen LogP contribution is 2.38. The molecule has 0 saturated carbocycles. The van der Waals surface area contributed by atoms with E-state index in [0.29, 0.717) is 33.4 Å². The molecule has 0 aliphatic heterocycles. The Balaban J connectivity index is 1.28. The smallest absolute Gasteiger partial charge is 0.265 e. The van der Waals surface area contributed by atoms with Gasteiger partial charge in [0.1, 0.15) is 4.83 Å². The topological polar surface area (TPSA) is 86.8 Å². The van der Waals surface area contributed by atoms with Gasteiger partial charge in [0, 0.05) is 22.0 Å². The van der Waals surface area contributed by atoms with Gasteiger partial charge < -0.3 is 19.5 Å². The highest BCUT2D eigenvalue weighted by atomic mass is 32.1. The van der Waals surface area contributed by atoms with Crippen molar-refractivity contribution in [2.75, 3.05) is 26.6 Å². The van der Waals surface area contributed by atoms with E-state index in [1.54, 1.807) is 42.5 Å². The first-order valence-electron chi connectivity index (χ1n) is 12.1. The lowest BCUT2D eigenvalue weighted by Gasteiger charge is -2.12. The standard InChI is InChI=1S/C31H26N2O5S/c1-18-5-11-24-21(13-18)16-22-17-28(39-31(22)33-24)30(35)32-23-9-7-20(8-10-23)25(34)12-6-19-14-26(36-2)29(38-4)27(15-19)37-3/h5-17H,1-4H3,(H,32,35)/b12-6+. The zero-order chi connectivity index (χ0) is 27.5. The van der Waals surface area contributed by atoms with Crippen molar-refractivity contribution in [3.63, 3.8) is 0 Å². The van der Waals surface area contributed by atoms with E-state index in [1.165, 1.54) is 38.7 Å². The Kier molecular flexibility index (Phi) is 7.29. The lowest BCUT2D eigenvalue weighted by Crippen LogP contribution is -2.10. The number of nitrogens with zero attached hydrogens (tertiary/aromatic N) is 1. The Bertz CT molecular complexity index is 1710. The largest absolute Gasteiger partial charge is 0.493 e. The van der Waals surface area contributed by atoms with E-state index in [1.807, 2.05) is 25.1 Å². The number of carbonyl (C=O) groups excluding carboxylic acids is 2. The number of allylic oxidation sites excluding steroid dienone is 1. The maximum absolute atomic E-state index is 12.9. The number of benzene rings is 3. The lowest BCUT2D eigenvalue weighted by atomic mass is 10.1. The molecule has 5 aromatic rings. The van der Waals surface area contributed by atoms with Gasteiger partial charge in [-0.25, -0.2) is 4.98 Å². The van der Waals surface area contributed by atoms with Gasteiger partial charge in [0.2, 0.25) is 5.75 Å². The Morgan fingerprint density at radius 2 is 1.56 bits per heavy atom. The summed E-state index contributed by atoms with van der Waals surface area (Å²) >= 11 is 1.35. The maximum atomic E-state index is 12.9. The van der Waals surface area contributed by atoms with Crippen LogP contribution in [-0.2, 0) is 0 Å². The molecule has 1 N–H and O–H groups in total. The number of aromatic nitrogens is 1.